The number of halogens is 1. The van der Waals surface area contributed by atoms with Crippen molar-refractivity contribution in [2.45, 2.75) is 25.4 Å². The fourth-order valence-corrected chi connectivity index (χ4v) is 5.58. The lowest BCUT2D eigenvalue weighted by atomic mass is 10.0. The molecular weight excluding hydrogens is 319 g/mol. The van der Waals surface area contributed by atoms with Crippen LogP contribution in [0.15, 0.2) is 18.2 Å². The maximum absolute atomic E-state index is 13.3. The minimum Gasteiger partial charge on any atom is -0.336 e. The smallest absolute Gasteiger partial charge is 0.227 e. The Labute approximate surface area is 136 Å². The summed E-state index contributed by atoms with van der Waals surface area (Å²) in [7, 11) is -1.19. The molecule has 5 nitrogen and oxygen atoms in total. The highest BCUT2D eigenvalue weighted by Crippen LogP contribution is 2.26. The van der Waals surface area contributed by atoms with E-state index in [2.05, 4.69) is 0 Å². The Hall–Kier alpha value is -1.47. The molecular formula is C16H21FN2O3S. The summed E-state index contributed by atoms with van der Waals surface area (Å²) in [6.07, 6.45) is 0.175. The van der Waals surface area contributed by atoms with Crippen LogP contribution in [0.2, 0.25) is 0 Å². The van der Waals surface area contributed by atoms with Gasteiger partial charge in [-0.25, -0.2) is 12.8 Å². The molecule has 2 aliphatic heterocycles. The van der Waals surface area contributed by atoms with E-state index in [0.717, 1.165) is 5.56 Å². The maximum atomic E-state index is 13.3. The van der Waals surface area contributed by atoms with E-state index in [1.165, 1.54) is 6.07 Å². The molecule has 0 unspecified atom stereocenters. The highest BCUT2D eigenvalue weighted by atomic mass is 32.2. The van der Waals surface area contributed by atoms with E-state index in [0.29, 0.717) is 18.7 Å². The molecule has 3 rings (SSSR count). The van der Waals surface area contributed by atoms with Gasteiger partial charge in [-0.15, -0.1) is 0 Å². The number of fused-ring (bicyclic) bond motifs is 1. The van der Waals surface area contributed by atoms with Crippen molar-refractivity contribution >= 4 is 15.7 Å². The van der Waals surface area contributed by atoms with Gasteiger partial charge in [0.15, 0.2) is 9.84 Å². The third-order valence-electron chi connectivity index (χ3n) is 4.85. The van der Waals surface area contributed by atoms with Gasteiger partial charge in [-0.2, -0.15) is 0 Å². The number of carbonyl (C=O) groups is 1. The Morgan fingerprint density at radius 1 is 1.26 bits per heavy atom. The van der Waals surface area contributed by atoms with Gasteiger partial charge in [0, 0.05) is 19.1 Å². The second-order valence-electron chi connectivity index (χ2n) is 6.54. The molecule has 1 amide bonds. The molecule has 0 bridgehead atoms. The van der Waals surface area contributed by atoms with Gasteiger partial charge in [0.05, 0.1) is 24.0 Å². The van der Waals surface area contributed by atoms with Gasteiger partial charge < -0.3 is 4.90 Å². The lowest BCUT2D eigenvalue weighted by Crippen LogP contribution is -2.59. The zero-order valence-electron chi connectivity index (χ0n) is 13.3. The molecule has 7 heteroatoms. The average molecular weight is 340 g/mol. The van der Waals surface area contributed by atoms with Crippen molar-refractivity contribution < 1.29 is 17.6 Å². The summed E-state index contributed by atoms with van der Waals surface area (Å²) in [5, 5.41) is 0. The standard InChI is InChI=1S/C16H21FN2O3S/c1-11-7-12(3-4-13(11)17)8-16(20)19-6-5-18(2)14-9-23(21,22)10-15(14)19/h3-4,7,14-15H,5-6,8-10H2,1-2H3/t14-,15+/m0/s1. The monoisotopic (exact) mass is 340 g/mol. The number of hydrogen-bond donors (Lipinski definition) is 0. The van der Waals surface area contributed by atoms with Crippen LogP contribution in [-0.2, 0) is 21.1 Å². The van der Waals surface area contributed by atoms with Crippen molar-refractivity contribution in [2.75, 3.05) is 31.6 Å². The second kappa shape index (κ2) is 5.87. The van der Waals surface area contributed by atoms with Crippen molar-refractivity contribution in [3.05, 3.63) is 35.1 Å². The summed E-state index contributed by atoms with van der Waals surface area (Å²) in [4.78, 5) is 16.4. The maximum Gasteiger partial charge on any atom is 0.227 e. The first-order chi connectivity index (χ1) is 10.8. The summed E-state index contributed by atoms with van der Waals surface area (Å²) in [5.41, 5.74) is 1.26. The van der Waals surface area contributed by atoms with Gasteiger partial charge in [0.1, 0.15) is 5.82 Å². The minimum absolute atomic E-state index is 0.0379. The number of likely N-dealkylation sites (N-methyl/N-ethyl adjacent to an activating group) is 1. The van der Waals surface area contributed by atoms with Crippen molar-refractivity contribution in [1.82, 2.24) is 9.80 Å². The Morgan fingerprint density at radius 3 is 2.65 bits per heavy atom. The van der Waals surface area contributed by atoms with Gasteiger partial charge >= 0.3 is 0 Å². The highest BCUT2D eigenvalue weighted by molar-refractivity contribution is 7.91. The van der Waals surface area contributed by atoms with Crippen LogP contribution in [-0.4, -0.2) is 67.9 Å². The molecule has 1 aromatic rings. The molecule has 0 radical (unpaired) electrons. The number of sulfone groups is 1. The van der Waals surface area contributed by atoms with E-state index >= 15 is 0 Å². The van der Waals surface area contributed by atoms with Crippen LogP contribution >= 0.6 is 0 Å². The highest BCUT2D eigenvalue weighted by Gasteiger charge is 2.46. The molecule has 23 heavy (non-hydrogen) atoms. The first kappa shape index (κ1) is 16.4. The summed E-state index contributed by atoms with van der Waals surface area (Å²) in [6, 6.07) is 4.26. The van der Waals surface area contributed by atoms with Crippen molar-refractivity contribution in [2.24, 2.45) is 0 Å². The Bertz CT molecular complexity index is 735. The number of nitrogens with zero attached hydrogens (tertiary/aromatic N) is 2. The summed E-state index contributed by atoms with van der Waals surface area (Å²) < 4.78 is 37.2. The Kier molecular flexibility index (Phi) is 4.18. The van der Waals surface area contributed by atoms with E-state index in [4.69, 9.17) is 0 Å². The van der Waals surface area contributed by atoms with Crippen molar-refractivity contribution in [3.63, 3.8) is 0 Å². The molecule has 2 fully saturated rings. The Balaban J connectivity index is 1.77. The molecule has 0 spiro atoms. The molecule has 126 valence electrons. The fourth-order valence-electron chi connectivity index (χ4n) is 3.53. The van der Waals surface area contributed by atoms with E-state index in [9.17, 15) is 17.6 Å². The van der Waals surface area contributed by atoms with Crippen molar-refractivity contribution in [1.29, 1.82) is 0 Å². The molecule has 2 atom stereocenters. The third-order valence-corrected chi connectivity index (χ3v) is 6.55. The van der Waals surface area contributed by atoms with E-state index < -0.39 is 9.84 Å². The van der Waals surface area contributed by atoms with Crippen LogP contribution < -0.4 is 0 Å². The van der Waals surface area contributed by atoms with E-state index in [1.807, 2.05) is 11.9 Å². The Morgan fingerprint density at radius 2 is 1.96 bits per heavy atom. The van der Waals surface area contributed by atoms with Gasteiger partial charge in [-0.3, -0.25) is 9.69 Å². The number of piperazine rings is 1. The number of benzene rings is 1. The number of amides is 1. The van der Waals surface area contributed by atoms with Crippen LogP contribution in [0.5, 0.6) is 0 Å². The van der Waals surface area contributed by atoms with Crippen LogP contribution in [0.25, 0.3) is 0 Å². The predicted octanol–water partition coefficient (Wildman–Crippen LogP) is 0.616. The van der Waals surface area contributed by atoms with E-state index in [1.54, 1.807) is 24.0 Å². The third kappa shape index (κ3) is 3.26. The van der Waals surface area contributed by atoms with Crippen LogP contribution in [0.1, 0.15) is 11.1 Å². The number of rotatable bonds is 2. The zero-order valence-corrected chi connectivity index (χ0v) is 14.1. The summed E-state index contributed by atoms with van der Waals surface area (Å²) >= 11 is 0. The second-order valence-corrected chi connectivity index (χ2v) is 8.69. The topological polar surface area (TPSA) is 57.7 Å². The quantitative estimate of drug-likeness (QED) is 0.792. The van der Waals surface area contributed by atoms with Gasteiger partial charge in [-0.1, -0.05) is 12.1 Å². The molecule has 1 aromatic carbocycles. The van der Waals surface area contributed by atoms with Crippen molar-refractivity contribution in [3.8, 4) is 0 Å². The van der Waals surface area contributed by atoms with Gasteiger partial charge in [0.2, 0.25) is 5.91 Å². The lowest BCUT2D eigenvalue weighted by Gasteiger charge is -2.42. The van der Waals surface area contributed by atoms with E-state index in [-0.39, 0.29) is 41.7 Å². The molecule has 0 N–H and O–H groups in total. The normalized spacial score (nSPS) is 27.0. The molecule has 0 aliphatic carbocycles. The molecule has 0 saturated carbocycles. The average Bonchev–Trinajstić information content (AvgIpc) is 2.79. The lowest BCUT2D eigenvalue weighted by molar-refractivity contribution is -0.135. The summed E-state index contributed by atoms with van der Waals surface area (Å²) in [6.45, 7) is 2.87. The minimum atomic E-state index is -3.10. The molecule has 2 heterocycles. The van der Waals surface area contributed by atoms with Gasteiger partial charge in [0.25, 0.3) is 0 Å². The number of carbonyl (C=O) groups excluding carboxylic acids is 1. The first-order valence-electron chi connectivity index (χ1n) is 7.72. The largest absolute Gasteiger partial charge is 0.336 e. The number of hydrogen-bond acceptors (Lipinski definition) is 4. The SMILES string of the molecule is Cc1cc(CC(=O)N2CCN(C)[C@H]3CS(=O)(=O)C[C@H]32)ccc1F. The summed E-state index contributed by atoms with van der Waals surface area (Å²) in [5.74, 6) is -0.219. The number of aryl methyl sites for hydroxylation is 1. The zero-order chi connectivity index (χ0) is 16.8. The molecule has 2 aliphatic rings. The molecule has 0 aromatic heterocycles. The molecule has 2 saturated heterocycles. The van der Waals surface area contributed by atoms with Crippen LogP contribution in [0, 0.1) is 12.7 Å². The first-order valence-corrected chi connectivity index (χ1v) is 9.54. The van der Waals surface area contributed by atoms with Crippen LogP contribution in [0.3, 0.4) is 0 Å². The predicted molar refractivity (Wildman–Crippen MR) is 85.4 cm³/mol. The van der Waals surface area contributed by atoms with Crippen LogP contribution in [0.4, 0.5) is 4.39 Å². The fraction of sp³-hybridized carbons (Fsp3) is 0.562. The van der Waals surface area contributed by atoms with Gasteiger partial charge in [-0.05, 0) is 31.2 Å².